The van der Waals surface area contributed by atoms with E-state index in [0.29, 0.717) is 13.0 Å². The number of hydrogen-bond acceptors (Lipinski definition) is 5. The molecule has 2 N–H and O–H groups in total. The molecule has 0 spiro atoms. The second-order valence-electron chi connectivity index (χ2n) is 5.03. The van der Waals surface area contributed by atoms with Crippen LogP contribution < -0.4 is 10.0 Å². The molecule has 0 bridgehead atoms. The first-order chi connectivity index (χ1) is 9.55. The van der Waals surface area contributed by atoms with Crippen LogP contribution in [0.25, 0.3) is 10.8 Å². The molecular weight excluding hydrogens is 276 g/mol. The van der Waals surface area contributed by atoms with Gasteiger partial charge in [-0.1, -0.05) is 0 Å². The first-order valence-corrected chi connectivity index (χ1v) is 8.12. The molecule has 2 aromatic heterocycles. The van der Waals surface area contributed by atoms with E-state index in [0.717, 1.165) is 29.6 Å². The maximum atomic E-state index is 11.5. The number of rotatable bonds is 2. The Kier molecular flexibility index (Phi) is 3.31. The molecule has 0 aliphatic carbocycles. The van der Waals surface area contributed by atoms with Crippen molar-refractivity contribution >= 4 is 26.6 Å². The maximum Gasteiger partial charge on any atom is 0.213 e. The molecule has 0 radical (unpaired) electrons. The molecule has 1 saturated heterocycles. The molecule has 106 valence electrons. The minimum atomic E-state index is -3.50. The van der Waals surface area contributed by atoms with Crippen LogP contribution in [-0.2, 0) is 10.0 Å². The van der Waals surface area contributed by atoms with Gasteiger partial charge in [-0.3, -0.25) is 4.98 Å². The van der Waals surface area contributed by atoms with Crippen molar-refractivity contribution in [3.8, 4) is 0 Å². The standard InChI is InChI=1S/C13H16N4O2S/c14-20(18,19)11-2-1-7-17(9-11)13-12-4-5-15-8-10(12)3-6-16-13/h3-6,8,11H,1-2,7,9H2,(H2,14,18,19)/t11-/m0/s1. The van der Waals surface area contributed by atoms with Crippen LogP contribution >= 0.6 is 0 Å². The van der Waals surface area contributed by atoms with Crippen LogP contribution in [0.3, 0.4) is 0 Å². The smallest absolute Gasteiger partial charge is 0.213 e. The summed E-state index contributed by atoms with van der Waals surface area (Å²) in [4.78, 5) is 10.5. The van der Waals surface area contributed by atoms with Crippen LogP contribution in [0.1, 0.15) is 12.8 Å². The van der Waals surface area contributed by atoms with Crippen LogP contribution in [0.5, 0.6) is 0 Å². The number of nitrogens with two attached hydrogens (primary N) is 1. The quantitative estimate of drug-likeness (QED) is 0.887. The van der Waals surface area contributed by atoms with Gasteiger partial charge in [0.1, 0.15) is 5.82 Å². The number of aromatic nitrogens is 2. The topological polar surface area (TPSA) is 89.2 Å². The second-order valence-corrected chi connectivity index (χ2v) is 6.88. The Morgan fingerprint density at radius 1 is 1.30 bits per heavy atom. The number of sulfonamides is 1. The van der Waals surface area contributed by atoms with E-state index < -0.39 is 15.3 Å². The van der Waals surface area contributed by atoms with Crippen molar-refractivity contribution in [3.05, 3.63) is 30.7 Å². The summed E-state index contributed by atoms with van der Waals surface area (Å²) in [5, 5.41) is 6.74. The summed E-state index contributed by atoms with van der Waals surface area (Å²) in [5.41, 5.74) is 0. The minimum absolute atomic E-state index is 0.396. The highest BCUT2D eigenvalue weighted by Gasteiger charge is 2.29. The van der Waals surface area contributed by atoms with E-state index in [9.17, 15) is 8.42 Å². The van der Waals surface area contributed by atoms with Gasteiger partial charge in [-0.2, -0.15) is 0 Å². The summed E-state index contributed by atoms with van der Waals surface area (Å²) < 4.78 is 23.1. The average Bonchev–Trinajstić information content (AvgIpc) is 2.46. The molecule has 20 heavy (non-hydrogen) atoms. The minimum Gasteiger partial charge on any atom is -0.355 e. The SMILES string of the molecule is NS(=O)(=O)[C@H]1CCCN(c2nccc3cnccc23)C1. The molecule has 0 aromatic carbocycles. The molecule has 0 unspecified atom stereocenters. The Bertz CT molecular complexity index is 727. The van der Waals surface area contributed by atoms with Gasteiger partial charge in [-0.05, 0) is 25.0 Å². The highest BCUT2D eigenvalue weighted by Crippen LogP contribution is 2.27. The fourth-order valence-electron chi connectivity index (χ4n) is 2.65. The summed E-state index contributed by atoms with van der Waals surface area (Å²) in [6.07, 6.45) is 6.63. The number of piperidine rings is 1. The summed E-state index contributed by atoms with van der Waals surface area (Å²) in [6.45, 7) is 1.19. The van der Waals surface area contributed by atoms with Crippen molar-refractivity contribution in [1.29, 1.82) is 0 Å². The van der Waals surface area contributed by atoms with Gasteiger partial charge in [0.2, 0.25) is 10.0 Å². The van der Waals surface area contributed by atoms with Crippen LogP contribution in [0, 0.1) is 0 Å². The molecule has 6 nitrogen and oxygen atoms in total. The fourth-order valence-corrected chi connectivity index (χ4v) is 3.53. The van der Waals surface area contributed by atoms with Crippen molar-refractivity contribution in [3.63, 3.8) is 0 Å². The molecular formula is C13H16N4O2S. The van der Waals surface area contributed by atoms with Crippen LogP contribution in [0.15, 0.2) is 30.7 Å². The molecule has 3 heterocycles. The van der Waals surface area contributed by atoms with Crippen molar-refractivity contribution in [2.45, 2.75) is 18.1 Å². The fraction of sp³-hybridized carbons (Fsp3) is 0.385. The molecule has 1 fully saturated rings. The third kappa shape index (κ3) is 2.46. The van der Waals surface area contributed by atoms with E-state index in [2.05, 4.69) is 9.97 Å². The van der Waals surface area contributed by atoms with Gasteiger partial charge in [0.05, 0.1) is 5.25 Å². The largest absolute Gasteiger partial charge is 0.355 e. The predicted molar refractivity (Wildman–Crippen MR) is 77.9 cm³/mol. The number of fused-ring (bicyclic) bond motifs is 1. The highest BCUT2D eigenvalue weighted by molar-refractivity contribution is 7.89. The summed E-state index contributed by atoms with van der Waals surface area (Å²) in [6, 6.07) is 3.80. The first kappa shape index (κ1) is 13.3. The highest BCUT2D eigenvalue weighted by atomic mass is 32.2. The molecule has 1 atom stereocenters. The van der Waals surface area contributed by atoms with E-state index >= 15 is 0 Å². The third-order valence-electron chi connectivity index (χ3n) is 3.69. The van der Waals surface area contributed by atoms with Gasteiger partial charge < -0.3 is 4.90 Å². The van der Waals surface area contributed by atoms with Gasteiger partial charge in [0, 0.05) is 42.5 Å². The molecule has 7 heteroatoms. The lowest BCUT2D eigenvalue weighted by atomic mass is 10.1. The zero-order valence-corrected chi connectivity index (χ0v) is 11.8. The molecule has 1 aliphatic heterocycles. The number of anilines is 1. The molecule has 0 amide bonds. The Morgan fingerprint density at radius 2 is 2.15 bits per heavy atom. The monoisotopic (exact) mass is 292 g/mol. The molecule has 3 rings (SSSR count). The summed E-state index contributed by atoms with van der Waals surface area (Å²) in [5.74, 6) is 0.804. The van der Waals surface area contributed by atoms with E-state index in [4.69, 9.17) is 5.14 Å². The van der Waals surface area contributed by atoms with Gasteiger partial charge in [0.15, 0.2) is 0 Å². The predicted octanol–water partition coefficient (Wildman–Crippen LogP) is 0.887. The van der Waals surface area contributed by atoms with Gasteiger partial charge >= 0.3 is 0 Å². The number of primary sulfonamides is 1. The normalized spacial score (nSPS) is 20.2. The zero-order valence-electron chi connectivity index (χ0n) is 10.9. The van der Waals surface area contributed by atoms with E-state index in [1.165, 1.54) is 0 Å². The molecule has 0 saturated carbocycles. The number of pyridine rings is 2. The van der Waals surface area contributed by atoms with E-state index in [-0.39, 0.29) is 0 Å². The van der Waals surface area contributed by atoms with Gasteiger partial charge in [-0.15, -0.1) is 0 Å². The van der Waals surface area contributed by atoms with Crippen molar-refractivity contribution in [1.82, 2.24) is 9.97 Å². The Hall–Kier alpha value is -1.73. The van der Waals surface area contributed by atoms with Gasteiger partial charge in [-0.25, -0.2) is 18.5 Å². The Labute approximate surface area is 117 Å². The Balaban J connectivity index is 1.99. The molecule has 2 aromatic rings. The third-order valence-corrected chi connectivity index (χ3v) is 5.00. The van der Waals surface area contributed by atoms with Crippen molar-refractivity contribution in [2.24, 2.45) is 5.14 Å². The molecule has 1 aliphatic rings. The second kappa shape index (κ2) is 4.99. The zero-order chi connectivity index (χ0) is 14.2. The lowest BCUT2D eigenvalue weighted by Crippen LogP contribution is -2.45. The average molecular weight is 292 g/mol. The maximum absolute atomic E-state index is 11.5. The van der Waals surface area contributed by atoms with Crippen molar-refractivity contribution in [2.75, 3.05) is 18.0 Å². The summed E-state index contributed by atoms with van der Waals surface area (Å²) in [7, 11) is -3.50. The lowest BCUT2D eigenvalue weighted by Gasteiger charge is -2.32. The summed E-state index contributed by atoms with van der Waals surface area (Å²) >= 11 is 0. The number of nitrogens with zero attached hydrogens (tertiary/aromatic N) is 3. The lowest BCUT2D eigenvalue weighted by molar-refractivity contribution is 0.531. The van der Waals surface area contributed by atoms with E-state index in [1.54, 1.807) is 18.6 Å². The van der Waals surface area contributed by atoms with Crippen LogP contribution in [0.4, 0.5) is 5.82 Å². The van der Waals surface area contributed by atoms with E-state index in [1.807, 2.05) is 17.0 Å². The number of hydrogen-bond donors (Lipinski definition) is 1. The van der Waals surface area contributed by atoms with Gasteiger partial charge in [0.25, 0.3) is 0 Å². The van der Waals surface area contributed by atoms with Crippen LogP contribution in [-0.4, -0.2) is 36.7 Å². The van der Waals surface area contributed by atoms with Crippen molar-refractivity contribution < 1.29 is 8.42 Å². The Morgan fingerprint density at radius 3 is 2.95 bits per heavy atom. The first-order valence-electron chi connectivity index (χ1n) is 6.51. The van der Waals surface area contributed by atoms with Crippen LogP contribution in [0.2, 0.25) is 0 Å².